The van der Waals surface area contributed by atoms with Crippen LogP contribution in [0.15, 0.2) is 206 Å². The Balaban J connectivity index is 1.08. The van der Waals surface area contributed by atoms with E-state index in [2.05, 4.69) is 262 Å². The van der Waals surface area contributed by atoms with Crippen LogP contribution in [0.5, 0.6) is 0 Å². The summed E-state index contributed by atoms with van der Waals surface area (Å²) in [6, 6.07) is 80.0. The van der Waals surface area contributed by atoms with Crippen molar-refractivity contribution in [3.05, 3.63) is 240 Å². The number of benzene rings is 9. The van der Waals surface area contributed by atoms with E-state index in [1.54, 1.807) is 0 Å². The first-order valence-corrected chi connectivity index (χ1v) is 27.8. The van der Waals surface area contributed by atoms with Gasteiger partial charge in [-0.3, -0.25) is 0 Å². The van der Waals surface area contributed by atoms with Crippen LogP contribution in [-0.4, -0.2) is 12.3 Å². The normalized spacial score (nSPS) is 23.4. The summed E-state index contributed by atoms with van der Waals surface area (Å²) in [7, 11) is 0. The van der Waals surface area contributed by atoms with Crippen molar-refractivity contribution < 1.29 is 0 Å². The van der Waals surface area contributed by atoms with Crippen LogP contribution in [0.1, 0.15) is 107 Å². The van der Waals surface area contributed by atoms with Crippen LogP contribution in [0.3, 0.4) is 0 Å². The van der Waals surface area contributed by atoms with Crippen LogP contribution in [0.25, 0.3) is 22.3 Å². The Kier molecular flexibility index (Phi) is 9.42. The fourth-order valence-electron chi connectivity index (χ4n) is 16.1. The molecule has 1 saturated carbocycles. The summed E-state index contributed by atoms with van der Waals surface area (Å²) in [5.74, 6) is 0. The quantitative estimate of drug-likeness (QED) is 0.159. The maximum atomic E-state index is 2.89. The SMILES string of the molecule is CC(C)(C)c1ccc2c(c1)C1(c3ccccc3)CCCCC1(C)N2c1cc2c3c(c1)N1c4c(cccc4C4(C)CCc5ccccc5C14C)B3c1ccc(-c3ccccc3)cc1N2c1cccc(-c2ccccc2)c1. The Morgan fingerprint density at radius 3 is 1.87 bits per heavy atom. The predicted molar refractivity (Wildman–Crippen MR) is 316 cm³/mol. The Hall–Kier alpha value is -7.56. The van der Waals surface area contributed by atoms with E-state index in [0.717, 1.165) is 25.7 Å². The van der Waals surface area contributed by atoms with E-state index in [4.69, 9.17) is 0 Å². The van der Waals surface area contributed by atoms with E-state index < -0.39 is 0 Å². The molecule has 366 valence electrons. The Morgan fingerprint density at radius 1 is 0.453 bits per heavy atom. The van der Waals surface area contributed by atoms with Crippen molar-refractivity contribution >= 4 is 62.9 Å². The summed E-state index contributed by atoms with van der Waals surface area (Å²) in [6.07, 6.45) is 6.73. The zero-order valence-electron chi connectivity index (χ0n) is 44.3. The molecule has 0 spiro atoms. The second-order valence-electron chi connectivity index (χ2n) is 24.4. The number of anilines is 7. The van der Waals surface area contributed by atoms with Gasteiger partial charge < -0.3 is 14.7 Å². The molecule has 2 aliphatic carbocycles. The van der Waals surface area contributed by atoms with Crippen molar-refractivity contribution in [3.63, 3.8) is 0 Å². The minimum Gasteiger partial charge on any atom is -0.334 e. The lowest BCUT2D eigenvalue weighted by molar-refractivity contribution is 0.215. The number of rotatable bonds is 5. The number of fused-ring (bicyclic) bond motifs is 12. The van der Waals surface area contributed by atoms with E-state index in [1.807, 2.05) is 0 Å². The molecule has 4 heterocycles. The molecule has 0 saturated heterocycles. The largest absolute Gasteiger partial charge is 0.334 e. The van der Waals surface area contributed by atoms with Gasteiger partial charge in [-0.15, -0.1) is 0 Å². The van der Waals surface area contributed by atoms with Gasteiger partial charge >= 0.3 is 0 Å². The van der Waals surface area contributed by atoms with Gasteiger partial charge in [-0.05, 0) is 153 Å². The molecule has 75 heavy (non-hydrogen) atoms. The highest BCUT2D eigenvalue weighted by Gasteiger charge is 2.65. The summed E-state index contributed by atoms with van der Waals surface area (Å²) in [4.78, 5) is 8.43. The van der Waals surface area contributed by atoms with Crippen molar-refractivity contribution in [1.29, 1.82) is 0 Å². The smallest absolute Gasteiger partial charge is 0.252 e. The minimum atomic E-state index is -0.361. The lowest BCUT2D eigenvalue weighted by Gasteiger charge is -2.54. The predicted octanol–water partition coefficient (Wildman–Crippen LogP) is 16.0. The van der Waals surface area contributed by atoms with Crippen molar-refractivity contribution in [2.75, 3.05) is 14.7 Å². The van der Waals surface area contributed by atoms with Gasteiger partial charge in [-0.2, -0.15) is 0 Å². The van der Waals surface area contributed by atoms with Crippen LogP contribution in [0.4, 0.5) is 39.8 Å². The number of hydrogen-bond donors (Lipinski definition) is 0. The first kappa shape index (κ1) is 44.9. The van der Waals surface area contributed by atoms with Gasteiger partial charge in [-0.1, -0.05) is 210 Å². The number of hydrogen-bond acceptors (Lipinski definition) is 3. The third kappa shape index (κ3) is 5.89. The van der Waals surface area contributed by atoms with Crippen molar-refractivity contribution in [2.24, 2.45) is 0 Å². The van der Waals surface area contributed by atoms with E-state index in [9.17, 15) is 0 Å². The lowest BCUT2D eigenvalue weighted by Crippen LogP contribution is -2.64. The van der Waals surface area contributed by atoms with E-state index in [1.165, 1.54) is 125 Å². The number of aryl methyl sites for hydroxylation is 1. The van der Waals surface area contributed by atoms with Gasteiger partial charge in [0.15, 0.2) is 0 Å². The van der Waals surface area contributed by atoms with Gasteiger partial charge in [0.25, 0.3) is 6.71 Å². The van der Waals surface area contributed by atoms with Gasteiger partial charge in [0, 0.05) is 50.6 Å². The maximum absolute atomic E-state index is 2.89. The monoisotopic (exact) mass is 970 g/mol. The Labute approximate surface area is 444 Å². The molecular formula is C71H64BN3. The van der Waals surface area contributed by atoms with Crippen molar-refractivity contribution in [1.82, 2.24) is 0 Å². The highest BCUT2D eigenvalue weighted by molar-refractivity contribution is 7.00. The molecule has 4 unspecified atom stereocenters. The topological polar surface area (TPSA) is 9.72 Å². The molecule has 0 N–H and O–H groups in total. The second kappa shape index (κ2) is 15.7. The third-order valence-electron chi connectivity index (χ3n) is 19.9. The third-order valence-corrected chi connectivity index (χ3v) is 19.9. The maximum Gasteiger partial charge on any atom is 0.252 e. The molecule has 6 aliphatic rings. The second-order valence-corrected chi connectivity index (χ2v) is 24.4. The summed E-state index contributed by atoms with van der Waals surface area (Å²) < 4.78 is 0. The molecule has 1 fully saturated rings. The average molecular weight is 970 g/mol. The van der Waals surface area contributed by atoms with E-state index in [-0.39, 0.29) is 34.0 Å². The minimum absolute atomic E-state index is 0.00355. The average Bonchev–Trinajstić information content (AvgIpc) is 3.95. The molecule has 4 aliphatic heterocycles. The van der Waals surface area contributed by atoms with Crippen molar-refractivity contribution in [2.45, 2.75) is 107 Å². The molecule has 3 nitrogen and oxygen atoms in total. The van der Waals surface area contributed by atoms with E-state index in [0.29, 0.717) is 0 Å². The molecule has 0 bridgehead atoms. The Morgan fingerprint density at radius 2 is 1.11 bits per heavy atom. The van der Waals surface area contributed by atoms with Crippen LogP contribution >= 0.6 is 0 Å². The zero-order chi connectivity index (χ0) is 50.6. The molecule has 0 amide bonds. The van der Waals surface area contributed by atoms with Gasteiger partial charge in [0.1, 0.15) is 0 Å². The van der Waals surface area contributed by atoms with Gasteiger partial charge in [0.2, 0.25) is 0 Å². The van der Waals surface area contributed by atoms with Gasteiger partial charge in [-0.25, -0.2) is 0 Å². The molecule has 9 aromatic carbocycles. The summed E-state index contributed by atoms with van der Waals surface area (Å²) >= 11 is 0. The fraction of sp³-hybridized carbons (Fsp3) is 0.239. The summed E-state index contributed by atoms with van der Waals surface area (Å²) in [6.45, 7) is 15.0. The lowest BCUT2D eigenvalue weighted by atomic mass is 9.33. The van der Waals surface area contributed by atoms with E-state index >= 15 is 0 Å². The van der Waals surface area contributed by atoms with Crippen LogP contribution in [0, 0.1) is 0 Å². The highest BCUT2D eigenvalue weighted by atomic mass is 15.3. The van der Waals surface area contributed by atoms with Crippen LogP contribution in [-0.2, 0) is 28.2 Å². The summed E-state index contributed by atoms with van der Waals surface area (Å²) in [5.41, 5.74) is 25.8. The first-order valence-electron chi connectivity index (χ1n) is 27.8. The molecule has 15 rings (SSSR count). The summed E-state index contributed by atoms with van der Waals surface area (Å²) in [5, 5.41) is 0. The first-order chi connectivity index (χ1) is 36.4. The fourth-order valence-corrected chi connectivity index (χ4v) is 16.1. The highest BCUT2D eigenvalue weighted by Crippen LogP contribution is 2.67. The Bertz CT molecular complexity index is 3800. The molecule has 0 aromatic heterocycles. The molecule has 0 radical (unpaired) electrons. The zero-order valence-corrected chi connectivity index (χ0v) is 44.3. The van der Waals surface area contributed by atoms with Gasteiger partial charge in [0.05, 0.1) is 11.1 Å². The number of para-hydroxylation sites is 1. The van der Waals surface area contributed by atoms with Crippen molar-refractivity contribution in [3.8, 4) is 22.3 Å². The molecular weight excluding hydrogens is 906 g/mol. The molecule has 4 atom stereocenters. The molecule has 4 heteroatoms. The number of nitrogens with zero attached hydrogens (tertiary/aromatic N) is 3. The van der Waals surface area contributed by atoms with Crippen LogP contribution in [0.2, 0.25) is 0 Å². The standard InChI is InChI=1S/C71H64BN3/c1-67(2,3)53-35-37-61-58(44-53)71(52-28-14-9-15-29-52)40-19-18-39-69(71,5)74(61)55-45-63-65-64(46-55)75-66-57(68(4)41-38-49-26-16-17-31-56(49)70(68,75)6)32-21-33-60(66)72(65)59-36-34-51(48-24-12-8-13-25-48)43-62(59)73(63)54-30-20-27-50(42-54)47-22-10-7-11-23-47/h7-17,20-37,42-46H,18-19,38-41H2,1-6H3. The molecule has 9 aromatic rings. The van der Waals surface area contributed by atoms with Crippen LogP contribution < -0.4 is 31.1 Å².